The van der Waals surface area contributed by atoms with E-state index in [-0.39, 0.29) is 11.4 Å². The Kier molecular flexibility index (Phi) is 7.48. The summed E-state index contributed by atoms with van der Waals surface area (Å²) in [5.74, 6) is 0.895. The van der Waals surface area contributed by atoms with Crippen LogP contribution >= 0.6 is 0 Å². The average molecular weight is 378 g/mol. The van der Waals surface area contributed by atoms with Gasteiger partial charge in [-0.3, -0.25) is 0 Å². The predicted octanol–water partition coefficient (Wildman–Crippen LogP) is 3.92. The molecule has 0 saturated carbocycles. The molecule has 26 heavy (non-hydrogen) atoms. The van der Waals surface area contributed by atoms with Gasteiger partial charge in [-0.2, -0.15) is 0 Å². The second-order valence-corrected chi connectivity index (χ2v) is 7.79. The van der Waals surface area contributed by atoms with Crippen LogP contribution in [0.4, 0.5) is 0 Å². The van der Waals surface area contributed by atoms with Crippen molar-refractivity contribution in [2.75, 3.05) is 14.2 Å². The topological polar surface area (TPSA) is 64.6 Å². The van der Waals surface area contributed by atoms with Gasteiger partial charge in [0.05, 0.1) is 14.2 Å². The normalized spacial score (nSPS) is 11.3. The molecular formula is C20H27NO4S. The molecule has 0 spiro atoms. The first-order valence-electron chi connectivity index (χ1n) is 8.80. The first kappa shape index (κ1) is 20.3. The third-order valence-corrected chi connectivity index (χ3v) is 5.71. The molecule has 0 bridgehead atoms. The maximum absolute atomic E-state index is 13.0. The van der Waals surface area contributed by atoms with E-state index in [1.54, 1.807) is 19.2 Å². The highest BCUT2D eigenvalue weighted by Crippen LogP contribution is 2.33. The molecule has 0 aliphatic rings. The zero-order valence-electron chi connectivity index (χ0n) is 15.6. The number of unbranched alkanes of at least 4 members (excludes halogenated alkanes) is 2. The van der Waals surface area contributed by atoms with E-state index in [9.17, 15) is 8.42 Å². The molecule has 0 aliphatic carbocycles. The number of benzene rings is 2. The number of aryl methyl sites for hydroxylation is 1. The number of ether oxygens (including phenoxy) is 2. The lowest BCUT2D eigenvalue weighted by molar-refractivity contribution is 0.384. The van der Waals surface area contributed by atoms with E-state index in [1.807, 2.05) is 30.3 Å². The van der Waals surface area contributed by atoms with Gasteiger partial charge in [-0.05, 0) is 30.0 Å². The van der Waals surface area contributed by atoms with Crippen molar-refractivity contribution in [3.8, 4) is 11.5 Å². The Morgan fingerprint density at radius 3 is 2.35 bits per heavy atom. The fourth-order valence-corrected chi connectivity index (χ4v) is 4.22. The molecule has 0 atom stereocenters. The maximum atomic E-state index is 13.0. The Bertz CT molecular complexity index is 804. The molecule has 2 rings (SSSR count). The van der Waals surface area contributed by atoms with Gasteiger partial charge < -0.3 is 9.47 Å². The first-order chi connectivity index (χ1) is 12.5. The minimum Gasteiger partial charge on any atom is -0.497 e. The molecule has 0 unspecified atom stereocenters. The monoisotopic (exact) mass is 377 g/mol. The minimum absolute atomic E-state index is 0.202. The summed E-state index contributed by atoms with van der Waals surface area (Å²) in [5.41, 5.74) is 1.62. The zero-order valence-corrected chi connectivity index (χ0v) is 16.4. The molecule has 142 valence electrons. The summed E-state index contributed by atoms with van der Waals surface area (Å²) in [6.45, 7) is 2.35. The van der Waals surface area contributed by atoms with E-state index in [2.05, 4.69) is 11.6 Å². The van der Waals surface area contributed by atoms with Gasteiger partial charge in [0, 0.05) is 12.6 Å². The van der Waals surface area contributed by atoms with Gasteiger partial charge in [0.1, 0.15) is 16.4 Å². The van der Waals surface area contributed by atoms with Crippen LogP contribution in [0, 0.1) is 0 Å². The quantitative estimate of drug-likeness (QED) is 0.638. The summed E-state index contributed by atoms with van der Waals surface area (Å²) < 4.78 is 39.4. The van der Waals surface area contributed by atoms with Crippen molar-refractivity contribution in [1.29, 1.82) is 0 Å². The molecule has 0 saturated heterocycles. The highest BCUT2D eigenvalue weighted by Gasteiger charge is 2.24. The van der Waals surface area contributed by atoms with E-state index >= 15 is 0 Å². The number of nitrogens with one attached hydrogen (secondary N) is 1. The van der Waals surface area contributed by atoms with Crippen molar-refractivity contribution in [2.45, 2.75) is 44.0 Å². The lowest BCUT2D eigenvalue weighted by atomic mass is 10.1. The highest BCUT2D eigenvalue weighted by molar-refractivity contribution is 7.89. The van der Waals surface area contributed by atoms with Gasteiger partial charge >= 0.3 is 0 Å². The summed E-state index contributed by atoms with van der Waals surface area (Å²) >= 11 is 0. The number of sulfonamides is 1. The van der Waals surface area contributed by atoms with Crippen LogP contribution in [0.15, 0.2) is 47.4 Å². The molecule has 0 amide bonds. The Hall–Kier alpha value is -2.05. The molecule has 0 heterocycles. The van der Waals surface area contributed by atoms with Crippen LogP contribution in [-0.4, -0.2) is 22.6 Å². The van der Waals surface area contributed by atoms with Crippen LogP contribution in [0.5, 0.6) is 11.5 Å². The largest absolute Gasteiger partial charge is 0.497 e. The van der Waals surface area contributed by atoms with Gasteiger partial charge in [0.25, 0.3) is 0 Å². The number of hydrogen-bond acceptors (Lipinski definition) is 4. The van der Waals surface area contributed by atoms with Crippen molar-refractivity contribution < 1.29 is 17.9 Å². The highest BCUT2D eigenvalue weighted by atomic mass is 32.2. The summed E-state index contributed by atoms with van der Waals surface area (Å²) in [6, 6.07) is 12.8. The summed E-state index contributed by atoms with van der Waals surface area (Å²) in [6.07, 6.45) is 3.67. The van der Waals surface area contributed by atoms with Crippen LogP contribution in [0.25, 0.3) is 0 Å². The Balaban J connectivity index is 2.36. The number of methoxy groups -OCH3 is 2. The fraction of sp³-hybridized carbons (Fsp3) is 0.400. The van der Waals surface area contributed by atoms with Crippen LogP contribution in [-0.2, 0) is 23.0 Å². The second-order valence-electron chi connectivity index (χ2n) is 6.09. The van der Waals surface area contributed by atoms with Gasteiger partial charge in [-0.1, -0.05) is 50.1 Å². The molecule has 1 N–H and O–H groups in total. The van der Waals surface area contributed by atoms with Gasteiger partial charge in [-0.15, -0.1) is 0 Å². The van der Waals surface area contributed by atoms with Crippen molar-refractivity contribution in [1.82, 2.24) is 4.72 Å². The van der Waals surface area contributed by atoms with Crippen molar-refractivity contribution >= 4 is 10.0 Å². The summed E-state index contributed by atoms with van der Waals surface area (Å²) in [5, 5.41) is 0. The lowest BCUT2D eigenvalue weighted by Crippen LogP contribution is -2.25. The van der Waals surface area contributed by atoms with Crippen molar-refractivity contribution in [3.05, 3.63) is 53.6 Å². The fourth-order valence-electron chi connectivity index (χ4n) is 2.80. The third-order valence-electron chi connectivity index (χ3n) is 4.19. The molecule has 2 aromatic rings. The van der Waals surface area contributed by atoms with E-state index < -0.39 is 10.0 Å². The third kappa shape index (κ3) is 5.22. The van der Waals surface area contributed by atoms with E-state index in [0.717, 1.165) is 30.4 Å². The average Bonchev–Trinajstić information content (AvgIpc) is 2.66. The van der Waals surface area contributed by atoms with Gasteiger partial charge in [-0.25, -0.2) is 13.1 Å². The molecule has 5 nitrogen and oxygen atoms in total. The molecule has 6 heteroatoms. The predicted molar refractivity (Wildman–Crippen MR) is 103 cm³/mol. The van der Waals surface area contributed by atoms with Crippen LogP contribution in [0.2, 0.25) is 0 Å². The molecule has 0 radical (unpaired) electrons. The van der Waals surface area contributed by atoms with Crippen LogP contribution in [0.1, 0.15) is 37.3 Å². The molecule has 0 aliphatic heterocycles. The van der Waals surface area contributed by atoms with Crippen LogP contribution in [0.3, 0.4) is 0 Å². The molecule has 0 aromatic heterocycles. The summed E-state index contributed by atoms with van der Waals surface area (Å²) in [4.78, 5) is 0.202. The van der Waals surface area contributed by atoms with Gasteiger partial charge in [0.2, 0.25) is 10.0 Å². The molecular weight excluding hydrogens is 350 g/mol. The smallest absolute Gasteiger partial charge is 0.244 e. The minimum atomic E-state index is -3.72. The lowest BCUT2D eigenvalue weighted by Gasteiger charge is -2.17. The van der Waals surface area contributed by atoms with E-state index in [4.69, 9.17) is 9.47 Å². The first-order valence-corrected chi connectivity index (χ1v) is 10.3. The zero-order chi connectivity index (χ0) is 19.0. The van der Waals surface area contributed by atoms with E-state index in [0.29, 0.717) is 17.9 Å². The van der Waals surface area contributed by atoms with Gasteiger partial charge in [0.15, 0.2) is 0 Å². The van der Waals surface area contributed by atoms with Crippen LogP contribution < -0.4 is 14.2 Å². The number of rotatable bonds is 10. The standard InChI is InChI=1S/C20H27NO4S/c1-4-5-7-12-17-13-18(24-2)14-19(25-3)20(17)26(22,23)21-15-16-10-8-6-9-11-16/h6,8-11,13-14,21H,4-5,7,12,15H2,1-3H3. The second kappa shape index (κ2) is 9.59. The maximum Gasteiger partial charge on any atom is 0.244 e. The Morgan fingerprint density at radius 1 is 1.00 bits per heavy atom. The Morgan fingerprint density at radius 2 is 1.73 bits per heavy atom. The van der Waals surface area contributed by atoms with Crippen molar-refractivity contribution in [3.63, 3.8) is 0 Å². The summed E-state index contributed by atoms with van der Waals surface area (Å²) in [7, 11) is -0.690. The Labute approximate surface area is 156 Å². The van der Waals surface area contributed by atoms with E-state index in [1.165, 1.54) is 7.11 Å². The SMILES string of the molecule is CCCCCc1cc(OC)cc(OC)c1S(=O)(=O)NCc1ccccc1. The van der Waals surface area contributed by atoms with Crippen molar-refractivity contribution in [2.24, 2.45) is 0 Å². The molecule has 2 aromatic carbocycles. The molecule has 0 fully saturated rings. The number of hydrogen-bond donors (Lipinski definition) is 1.